The van der Waals surface area contributed by atoms with E-state index in [0.29, 0.717) is 17.4 Å². The number of alkyl halides is 5. The molecule has 3 heterocycles. The van der Waals surface area contributed by atoms with Crippen molar-refractivity contribution in [2.45, 2.75) is 32.6 Å². The van der Waals surface area contributed by atoms with Crippen LogP contribution in [0.25, 0.3) is 11.2 Å². The standard InChI is InChI=1S/C22H18F5N5O2.C2H6/c1-2-15(7-6-12-34-22(25,26)27)16-9-10-18-30-31-20(32(18)13-16)21(23,24)14-29-19(33)17-8-4-3-5-11-28-17;1-2/h2-7,9-13H,1,8,14H2,(H,29,33);1-2H3/b12-6+,15-7+;. The number of hydrogen-bond acceptors (Lipinski definition) is 5. The lowest BCUT2D eigenvalue weighted by Crippen LogP contribution is -2.39. The molecule has 1 aliphatic rings. The number of nitrogens with one attached hydrogen (secondary N) is 1. The Morgan fingerprint density at radius 2 is 1.94 bits per heavy atom. The molecule has 1 N–H and O–H groups in total. The summed E-state index contributed by atoms with van der Waals surface area (Å²) >= 11 is 0. The molecule has 2 aromatic heterocycles. The zero-order valence-electron chi connectivity index (χ0n) is 19.5. The molecule has 0 unspecified atom stereocenters. The van der Waals surface area contributed by atoms with E-state index >= 15 is 0 Å². The number of ether oxygens (including phenoxy) is 1. The lowest BCUT2D eigenvalue weighted by atomic mass is 10.1. The number of carbonyl (C=O) groups excluding carboxylic acids is 1. The highest BCUT2D eigenvalue weighted by atomic mass is 19.4. The second kappa shape index (κ2) is 12.6. The monoisotopic (exact) mass is 509 g/mol. The average Bonchev–Trinajstić information content (AvgIpc) is 3.09. The predicted molar refractivity (Wildman–Crippen MR) is 126 cm³/mol. The van der Waals surface area contributed by atoms with Gasteiger partial charge >= 0.3 is 12.3 Å². The van der Waals surface area contributed by atoms with Crippen LogP contribution in [0, 0.1) is 0 Å². The number of aromatic nitrogens is 3. The van der Waals surface area contributed by atoms with Crippen LogP contribution in [0.15, 0.2) is 78.8 Å². The lowest BCUT2D eigenvalue weighted by Gasteiger charge is -2.16. The van der Waals surface area contributed by atoms with E-state index in [4.69, 9.17) is 0 Å². The first kappa shape index (κ1) is 28.1. The van der Waals surface area contributed by atoms with Crippen molar-refractivity contribution in [2.75, 3.05) is 6.54 Å². The summed E-state index contributed by atoms with van der Waals surface area (Å²) in [4.78, 5) is 16.1. The van der Waals surface area contributed by atoms with Gasteiger partial charge in [0.2, 0.25) is 5.82 Å². The Labute approximate surface area is 204 Å². The Kier molecular flexibility index (Phi) is 9.83. The lowest BCUT2D eigenvalue weighted by molar-refractivity contribution is -0.298. The van der Waals surface area contributed by atoms with Crippen molar-refractivity contribution in [2.24, 2.45) is 4.99 Å². The van der Waals surface area contributed by atoms with Crippen molar-refractivity contribution in [3.63, 3.8) is 0 Å². The number of allylic oxidation sites excluding steroid dienone is 7. The molecule has 0 aromatic carbocycles. The van der Waals surface area contributed by atoms with Gasteiger partial charge in [-0.3, -0.25) is 14.2 Å². The van der Waals surface area contributed by atoms with Crippen molar-refractivity contribution >= 4 is 22.8 Å². The summed E-state index contributed by atoms with van der Waals surface area (Å²) in [6.07, 6.45) is 7.03. The number of hydrogen-bond donors (Lipinski definition) is 1. The molecule has 1 aliphatic heterocycles. The molecule has 0 radical (unpaired) electrons. The largest absolute Gasteiger partial charge is 0.572 e. The maximum absolute atomic E-state index is 14.9. The molecule has 0 aliphatic carbocycles. The molecule has 192 valence electrons. The summed E-state index contributed by atoms with van der Waals surface area (Å²) in [5.74, 6) is -5.06. The number of carbonyl (C=O) groups is 1. The maximum Gasteiger partial charge on any atom is 0.572 e. The molecule has 12 heteroatoms. The highest BCUT2D eigenvalue weighted by Crippen LogP contribution is 2.27. The molecule has 0 bridgehead atoms. The third-order valence-electron chi connectivity index (χ3n) is 4.45. The predicted octanol–water partition coefficient (Wildman–Crippen LogP) is 5.50. The van der Waals surface area contributed by atoms with E-state index in [-0.39, 0.29) is 17.8 Å². The summed E-state index contributed by atoms with van der Waals surface area (Å²) < 4.78 is 70.7. The SMILES string of the molecule is C=C/C(=C\C=C\OC(F)(F)F)c1ccc2nnc(C(F)(F)CNC(=O)C3=NC=CC=CC3)n2c1.CC. The van der Waals surface area contributed by atoms with Crippen LogP contribution in [-0.4, -0.2) is 39.1 Å². The van der Waals surface area contributed by atoms with E-state index in [1.54, 1.807) is 18.2 Å². The van der Waals surface area contributed by atoms with E-state index in [1.165, 1.54) is 36.7 Å². The summed E-state index contributed by atoms with van der Waals surface area (Å²) in [7, 11) is 0. The Hall–Kier alpha value is -4.09. The molecule has 0 spiro atoms. The van der Waals surface area contributed by atoms with Crippen LogP contribution in [0.3, 0.4) is 0 Å². The van der Waals surface area contributed by atoms with Crippen molar-refractivity contribution in [1.29, 1.82) is 0 Å². The van der Waals surface area contributed by atoms with E-state index in [0.717, 1.165) is 10.5 Å². The molecule has 0 atom stereocenters. The average molecular weight is 509 g/mol. The minimum atomic E-state index is -4.83. The number of amides is 1. The number of nitrogens with zero attached hydrogens (tertiary/aromatic N) is 4. The third-order valence-corrected chi connectivity index (χ3v) is 4.45. The Morgan fingerprint density at radius 3 is 2.64 bits per heavy atom. The summed E-state index contributed by atoms with van der Waals surface area (Å²) in [6, 6.07) is 2.93. The van der Waals surface area contributed by atoms with E-state index in [1.807, 2.05) is 13.8 Å². The Balaban J connectivity index is 0.00000222. The molecule has 0 saturated heterocycles. The van der Waals surface area contributed by atoms with Crippen LogP contribution < -0.4 is 5.32 Å². The molecule has 1 amide bonds. The Morgan fingerprint density at radius 1 is 1.19 bits per heavy atom. The minimum Gasteiger partial charge on any atom is -0.414 e. The van der Waals surface area contributed by atoms with Crippen LogP contribution in [0.1, 0.15) is 31.7 Å². The quantitative estimate of drug-likeness (QED) is 0.290. The van der Waals surface area contributed by atoms with Gasteiger partial charge in [0.1, 0.15) is 5.71 Å². The molecular weight excluding hydrogens is 485 g/mol. The fourth-order valence-electron chi connectivity index (χ4n) is 2.87. The molecule has 2 aromatic rings. The van der Waals surface area contributed by atoms with Gasteiger partial charge in [0.25, 0.3) is 5.91 Å². The Bertz CT molecular complexity index is 1220. The van der Waals surface area contributed by atoms with Crippen molar-refractivity contribution in [3.05, 3.63) is 85.2 Å². The summed E-state index contributed by atoms with van der Waals surface area (Å²) in [6.45, 7) is 6.53. The molecular formula is C24H24F5N5O2. The van der Waals surface area contributed by atoms with E-state index in [2.05, 4.69) is 31.8 Å². The zero-order valence-corrected chi connectivity index (χ0v) is 19.5. The number of pyridine rings is 1. The van der Waals surface area contributed by atoms with Crippen molar-refractivity contribution < 1.29 is 31.5 Å². The van der Waals surface area contributed by atoms with Crippen molar-refractivity contribution in [1.82, 2.24) is 19.9 Å². The maximum atomic E-state index is 14.9. The van der Waals surface area contributed by atoms with E-state index in [9.17, 15) is 26.7 Å². The highest BCUT2D eigenvalue weighted by molar-refractivity contribution is 6.39. The van der Waals surface area contributed by atoms with Gasteiger partial charge in [0.15, 0.2) is 5.65 Å². The van der Waals surface area contributed by atoms with Crippen molar-refractivity contribution in [3.8, 4) is 0 Å². The molecule has 0 fully saturated rings. The van der Waals surface area contributed by atoms with Crippen LogP contribution in [0.2, 0.25) is 0 Å². The fraction of sp³-hybridized carbons (Fsp3) is 0.250. The van der Waals surface area contributed by atoms with Gasteiger partial charge in [-0.2, -0.15) is 8.78 Å². The smallest absolute Gasteiger partial charge is 0.414 e. The first-order chi connectivity index (χ1) is 17.1. The summed E-state index contributed by atoms with van der Waals surface area (Å²) in [5, 5.41) is 9.43. The molecule has 0 saturated carbocycles. The van der Waals surface area contributed by atoms with Gasteiger partial charge in [0, 0.05) is 18.8 Å². The van der Waals surface area contributed by atoms with Crippen LogP contribution in [0.5, 0.6) is 0 Å². The van der Waals surface area contributed by atoms with Gasteiger partial charge in [0.05, 0.1) is 12.8 Å². The number of rotatable bonds is 8. The highest BCUT2D eigenvalue weighted by Gasteiger charge is 2.38. The first-order valence-corrected chi connectivity index (χ1v) is 10.7. The summed E-state index contributed by atoms with van der Waals surface area (Å²) in [5.41, 5.74) is 0.865. The fourth-order valence-corrected chi connectivity index (χ4v) is 2.87. The number of aliphatic imine (C=N–C) groups is 1. The third kappa shape index (κ3) is 7.72. The second-order valence-electron chi connectivity index (χ2n) is 6.82. The second-order valence-corrected chi connectivity index (χ2v) is 6.82. The van der Waals surface area contributed by atoms with Gasteiger partial charge in [-0.15, -0.1) is 23.4 Å². The number of fused-ring (bicyclic) bond motifs is 1. The zero-order chi connectivity index (χ0) is 26.8. The van der Waals surface area contributed by atoms with Crippen LogP contribution in [-0.2, 0) is 15.5 Å². The van der Waals surface area contributed by atoms with Crippen LogP contribution in [0.4, 0.5) is 22.0 Å². The molecule has 7 nitrogen and oxygen atoms in total. The first-order valence-electron chi connectivity index (χ1n) is 10.7. The van der Waals surface area contributed by atoms with E-state index < -0.39 is 30.6 Å². The van der Waals surface area contributed by atoms with Crippen LogP contribution >= 0.6 is 0 Å². The minimum absolute atomic E-state index is 0.0810. The van der Waals surface area contributed by atoms with Gasteiger partial charge < -0.3 is 10.1 Å². The van der Waals surface area contributed by atoms with Gasteiger partial charge in [-0.25, -0.2) is 0 Å². The topological polar surface area (TPSA) is 80.9 Å². The van der Waals surface area contributed by atoms with Gasteiger partial charge in [-0.05, 0) is 35.4 Å². The molecule has 3 rings (SSSR count). The number of halogens is 5. The molecule has 36 heavy (non-hydrogen) atoms. The van der Waals surface area contributed by atoms with Gasteiger partial charge in [-0.1, -0.05) is 44.7 Å². The normalized spacial score (nSPS) is 14.2.